The number of benzene rings is 1. The smallest absolute Gasteiger partial charge is 0.171 e. The van der Waals surface area contributed by atoms with E-state index in [4.69, 9.17) is 10.2 Å². The van der Waals surface area contributed by atoms with Crippen LogP contribution in [0.1, 0.15) is 16.7 Å². The van der Waals surface area contributed by atoms with Crippen molar-refractivity contribution in [2.75, 3.05) is 0 Å². The quantitative estimate of drug-likeness (QED) is 0.676. The average molecular weight is 178 g/mol. The molecule has 1 aromatic rings. The molecular formula is C11H14O2. The Bertz CT molecular complexity index is 294. The Balaban J connectivity index is 2.89. The lowest BCUT2D eigenvalue weighted by molar-refractivity contribution is 0.00304. The molecule has 0 aliphatic carbocycles. The van der Waals surface area contributed by atoms with Gasteiger partial charge in [-0.2, -0.15) is 0 Å². The lowest BCUT2D eigenvalue weighted by Crippen LogP contribution is -1.97. The van der Waals surface area contributed by atoms with Crippen LogP contribution in [-0.4, -0.2) is 16.5 Å². The Morgan fingerprint density at radius 3 is 2.08 bits per heavy atom. The third kappa shape index (κ3) is 3.40. The summed E-state index contributed by atoms with van der Waals surface area (Å²) in [6.07, 6.45) is 1.67. The van der Waals surface area contributed by atoms with E-state index in [1.165, 1.54) is 17.2 Å². The molecule has 13 heavy (non-hydrogen) atoms. The van der Waals surface area contributed by atoms with Crippen LogP contribution in [0.5, 0.6) is 0 Å². The maximum atomic E-state index is 8.62. The van der Waals surface area contributed by atoms with E-state index in [-0.39, 0.29) is 0 Å². The van der Waals surface area contributed by atoms with Gasteiger partial charge in [-0.25, -0.2) is 0 Å². The van der Waals surface area contributed by atoms with E-state index in [0.29, 0.717) is 0 Å². The molecule has 0 amide bonds. The summed E-state index contributed by atoms with van der Waals surface area (Å²) < 4.78 is 0. The third-order valence-corrected chi connectivity index (χ3v) is 1.70. The Morgan fingerprint density at radius 1 is 1.08 bits per heavy atom. The first kappa shape index (κ1) is 9.96. The molecule has 1 aromatic carbocycles. The van der Waals surface area contributed by atoms with Gasteiger partial charge in [0.1, 0.15) is 0 Å². The molecule has 0 saturated carbocycles. The van der Waals surface area contributed by atoms with Gasteiger partial charge >= 0.3 is 0 Å². The Hall–Kier alpha value is -1.12. The molecular weight excluding hydrogens is 164 g/mol. The summed E-state index contributed by atoms with van der Waals surface area (Å²) in [5.41, 5.74) is 3.34. The van der Waals surface area contributed by atoms with Crippen molar-refractivity contribution in [3.63, 3.8) is 0 Å². The SMILES string of the molecule is Cc1cc(C)cc(/C=C/C(O)O)c1. The lowest BCUT2D eigenvalue weighted by atomic mass is 10.1. The van der Waals surface area contributed by atoms with E-state index in [2.05, 4.69) is 6.07 Å². The number of aliphatic hydroxyl groups is 2. The molecule has 0 aliphatic rings. The maximum absolute atomic E-state index is 8.62. The highest BCUT2D eigenvalue weighted by atomic mass is 16.5. The van der Waals surface area contributed by atoms with Crippen LogP contribution in [0.2, 0.25) is 0 Å². The first-order chi connectivity index (χ1) is 6.08. The molecule has 2 nitrogen and oxygen atoms in total. The second kappa shape index (κ2) is 4.21. The van der Waals surface area contributed by atoms with E-state index in [1.54, 1.807) is 6.08 Å². The van der Waals surface area contributed by atoms with Crippen LogP contribution < -0.4 is 0 Å². The van der Waals surface area contributed by atoms with Gasteiger partial charge in [0.2, 0.25) is 0 Å². The van der Waals surface area contributed by atoms with E-state index in [1.807, 2.05) is 26.0 Å². The molecule has 0 radical (unpaired) electrons. The number of hydrogen-bond donors (Lipinski definition) is 2. The number of aryl methyl sites for hydroxylation is 2. The standard InChI is InChI=1S/C11H14O2/c1-8-5-9(2)7-10(6-8)3-4-11(12)13/h3-7,11-13H,1-2H3/b4-3+. The summed E-state index contributed by atoms with van der Waals surface area (Å²) in [5.74, 6) is 0. The van der Waals surface area contributed by atoms with Crippen molar-refractivity contribution in [3.8, 4) is 0 Å². The van der Waals surface area contributed by atoms with Crippen LogP contribution >= 0.6 is 0 Å². The molecule has 0 saturated heterocycles. The van der Waals surface area contributed by atoms with Crippen molar-refractivity contribution in [1.82, 2.24) is 0 Å². The van der Waals surface area contributed by atoms with Gasteiger partial charge in [-0.1, -0.05) is 35.4 Å². The zero-order chi connectivity index (χ0) is 9.84. The highest BCUT2D eigenvalue weighted by Crippen LogP contribution is 2.10. The molecule has 2 N–H and O–H groups in total. The first-order valence-corrected chi connectivity index (χ1v) is 4.20. The Kier molecular flexibility index (Phi) is 3.23. The topological polar surface area (TPSA) is 40.5 Å². The second-order valence-corrected chi connectivity index (χ2v) is 3.19. The van der Waals surface area contributed by atoms with Crippen molar-refractivity contribution in [2.45, 2.75) is 20.1 Å². The summed E-state index contributed by atoms with van der Waals surface area (Å²) in [5, 5.41) is 17.2. The van der Waals surface area contributed by atoms with Crippen LogP contribution in [0.3, 0.4) is 0 Å². The third-order valence-electron chi connectivity index (χ3n) is 1.70. The predicted molar refractivity (Wildman–Crippen MR) is 53.2 cm³/mol. The van der Waals surface area contributed by atoms with Gasteiger partial charge in [-0.15, -0.1) is 0 Å². The molecule has 1 rings (SSSR count). The Morgan fingerprint density at radius 2 is 1.62 bits per heavy atom. The van der Waals surface area contributed by atoms with E-state index in [9.17, 15) is 0 Å². The predicted octanol–water partition coefficient (Wildman–Crippen LogP) is 1.63. The first-order valence-electron chi connectivity index (χ1n) is 4.20. The van der Waals surface area contributed by atoms with Gasteiger partial charge < -0.3 is 10.2 Å². The minimum atomic E-state index is -1.37. The number of rotatable bonds is 2. The Labute approximate surface area is 78.2 Å². The monoisotopic (exact) mass is 178 g/mol. The zero-order valence-corrected chi connectivity index (χ0v) is 7.86. The number of hydrogen-bond acceptors (Lipinski definition) is 2. The fourth-order valence-electron chi connectivity index (χ4n) is 1.30. The molecule has 70 valence electrons. The van der Waals surface area contributed by atoms with Crippen molar-refractivity contribution >= 4 is 6.08 Å². The van der Waals surface area contributed by atoms with E-state index in [0.717, 1.165) is 5.56 Å². The number of aliphatic hydroxyl groups excluding tert-OH is 1. The molecule has 0 unspecified atom stereocenters. The summed E-state index contributed by atoms with van der Waals surface area (Å²) in [7, 11) is 0. The fraction of sp³-hybridized carbons (Fsp3) is 0.273. The largest absolute Gasteiger partial charge is 0.365 e. The summed E-state index contributed by atoms with van der Waals surface area (Å²) in [6.45, 7) is 4.03. The molecule has 0 fully saturated rings. The molecule has 0 bridgehead atoms. The van der Waals surface area contributed by atoms with Gasteiger partial charge in [-0.05, 0) is 25.5 Å². The van der Waals surface area contributed by atoms with Crippen LogP contribution in [0, 0.1) is 13.8 Å². The minimum absolute atomic E-state index is 0.991. The van der Waals surface area contributed by atoms with Gasteiger partial charge in [0.15, 0.2) is 6.29 Å². The lowest BCUT2D eigenvalue weighted by Gasteiger charge is -2.00. The van der Waals surface area contributed by atoms with E-state index < -0.39 is 6.29 Å². The van der Waals surface area contributed by atoms with Gasteiger partial charge in [-0.3, -0.25) is 0 Å². The molecule has 2 heteroatoms. The zero-order valence-electron chi connectivity index (χ0n) is 7.86. The second-order valence-electron chi connectivity index (χ2n) is 3.19. The minimum Gasteiger partial charge on any atom is -0.365 e. The molecule has 0 aliphatic heterocycles. The highest BCUT2D eigenvalue weighted by molar-refractivity contribution is 5.51. The van der Waals surface area contributed by atoms with Crippen molar-refractivity contribution in [2.24, 2.45) is 0 Å². The van der Waals surface area contributed by atoms with Crippen LogP contribution in [0.4, 0.5) is 0 Å². The summed E-state index contributed by atoms with van der Waals surface area (Å²) in [4.78, 5) is 0. The summed E-state index contributed by atoms with van der Waals surface area (Å²) in [6, 6.07) is 6.06. The van der Waals surface area contributed by atoms with Crippen LogP contribution in [-0.2, 0) is 0 Å². The fourth-order valence-corrected chi connectivity index (χ4v) is 1.30. The van der Waals surface area contributed by atoms with Crippen molar-refractivity contribution < 1.29 is 10.2 Å². The van der Waals surface area contributed by atoms with Crippen molar-refractivity contribution in [3.05, 3.63) is 41.0 Å². The van der Waals surface area contributed by atoms with Crippen molar-refractivity contribution in [1.29, 1.82) is 0 Å². The van der Waals surface area contributed by atoms with Gasteiger partial charge in [0.05, 0.1) is 0 Å². The highest BCUT2D eigenvalue weighted by Gasteiger charge is 1.93. The molecule has 0 atom stereocenters. The molecule has 0 aromatic heterocycles. The molecule has 0 spiro atoms. The van der Waals surface area contributed by atoms with E-state index >= 15 is 0 Å². The van der Waals surface area contributed by atoms with Gasteiger partial charge in [0.25, 0.3) is 0 Å². The maximum Gasteiger partial charge on any atom is 0.171 e. The molecule has 0 heterocycles. The normalized spacial score (nSPS) is 11.5. The summed E-state index contributed by atoms with van der Waals surface area (Å²) >= 11 is 0. The van der Waals surface area contributed by atoms with Gasteiger partial charge in [0, 0.05) is 0 Å². The van der Waals surface area contributed by atoms with Crippen LogP contribution in [0.25, 0.3) is 6.08 Å². The van der Waals surface area contributed by atoms with Crippen LogP contribution in [0.15, 0.2) is 24.3 Å². The average Bonchev–Trinajstić information content (AvgIpc) is 1.99.